The summed E-state index contributed by atoms with van der Waals surface area (Å²) in [5.41, 5.74) is 1.25. The predicted molar refractivity (Wildman–Crippen MR) is 68.2 cm³/mol. The molecular formula is C12H10N2O3S. The quantitative estimate of drug-likeness (QED) is 0.720. The van der Waals surface area contributed by atoms with Crippen molar-refractivity contribution in [2.45, 2.75) is 6.92 Å². The number of ether oxygens (including phenoxy) is 1. The molecule has 0 spiro atoms. The minimum Gasteiger partial charge on any atom is -0.508 e. The molecule has 0 unspecified atom stereocenters. The number of aromatic hydroxyl groups is 1. The molecule has 0 aliphatic heterocycles. The van der Waals surface area contributed by atoms with Crippen LogP contribution in [0, 0.1) is 0 Å². The van der Waals surface area contributed by atoms with E-state index in [1.807, 2.05) is 0 Å². The molecule has 0 atom stereocenters. The van der Waals surface area contributed by atoms with Crippen LogP contribution < -0.4 is 0 Å². The molecule has 0 saturated heterocycles. The largest absolute Gasteiger partial charge is 0.508 e. The minimum absolute atomic E-state index is 0.199. The minimum atomic E-state index is -0.391. The van der Waals surface area contributed by atoms with Crippen LogP contribution in [0.5, 0.6) is 5.75 Å². The molecule has 0 bridgehead atoms. The fourth-order valence-electron chi connectivity index (χ4n) is 1.86. The van der Waals surface area contributed by atoms with Crippen molar-refractivity contribution in [1.29, 1.82) is 0 Å². The van der Waals surface area contributed by atoms with Crippen molar-refractivity contribution in [1.82, 2.24) is 9.38 Å². The van der Waals surface area contributed by atoms with Crippen LogP contribution >= 0.6 is 11.3 Å². The Morgan fingerprint density at radius 2 is 2.39 bits per heavy atom. The van der Waals surface area contributed by atoms with E-state index in [1.165, 1.54) is 17.5 Å². The first-order valence-electron chi connectivity index (χ1n) is 5.47. The maximum Gasteiger partial charge on any atom is 0.357 e. The average Bonchev–Trinajstić information content (AvgIpc) is 2.86. The second-order valence-electron chi connectivity index (χ2n) is 3.74. The number of fused-ring (bicyclic) bond motifs is 3. The van der Waals surface area contributed by atoms with E-state index in [9.17, 15) is 9.90 Å². The van der Waals surface area contributed by atoms with E-state index in [1.54, 1.807) is 29.5 Å². The van der Waals surface area contributed by atoms with Gasteiger partial charge in [-0.3, -0.25) is 4.40 Å². The van der Waals surface area contributed by atoms with Crippen molar-refractivity contribution in [3.63, 3.8) is 0 Å². The molecule has 0 aliphatic rings. The number of hydrogen-bond donors (Lipinski definition) is 1. The van der Waals surface area contributed by atoms with Gasteiger partial charge in [-0.05, 0) is 25.1 Å². The van der Waals surface area contributed by atoms with Crippen LogP contribution in [0.25, 0.3) is 15.2 Å². The van der Waals surface area contributed by atoms with E-state index in [2.05, 4.69) is 4.98 Å². The van der Waals surface area contributed by atoms with Crippen LogP contribution in [0.4, 0.5) is 0 Å². The van der Waals surface area contributed by atoms with Gasteiger partial charge in [-0.25, -0.2) is 9.78 Å². The van der Waals surface area contributed by atoms with Crippen molar-refractivity contribution in [2.24, 2.45) is 0 Å². The molecule has 0 aliphatic carbocycles. The molecular weight excluding hydrogens is 252 g/mol. The number of carbonyl (C=O) groups excluding carboxylic acids is 1. The maximum absolute atomic E-state index is 11.8. The lowest BCUT2D eigenvalue weighted by Gasteiger charge is -2.00. The summed E-state index contributed by atoms with van der Waals surface area (Å²) >= 11 is 1.42. The van der Waals surface area contributed by atoms with Crippen molar-refractivity contribution in [3.8, 4) is 5.75 Å². The first kappa shape index (κ1) is 11.0. The van der Waals surface area contributed by atoms with Gasteiger partial charge in [-0.1, -0.05) is 11.3 Å². The average molecular weight is 262 g/mol. The maximum atomic E-state index is 11.8. The van der Waals surface area contributed by atoms with E-state index in [0.717, 1.165) is 10.2 Å². The van der Waals surface area contributed by atoms with Crippen molar-refractivity contribution >= 4 is 32.5 Å². The Morgan fingerprint density at radius 1 is 1.56 bits per heavy atom. The van der Waals surface area contributed by atoms with Crippen LogP contribution in [-0.2, 0) is 4.74 Å². The number of aromatic nitrogens is 2. The van der Waals surface area contributed by atoms with Crippen molar-refractivity contribution < 1.29 is 14.6 Å². The summed E-state index contributed by atoms with van der Waals surface area (Å²) in [6.45, 7) is 2.09. The lowest BCUT2D eigenvalue weighted by molar-refractivity contribution is 0.0519. The van der Waals surface area contributed by atoms with Gasteiger partial charge in [0.05, 0.1) is 23.0 Å². The van der Waals surface area contributed by atoms with Gasteiger partial charge in [0, 0.05) is 0 Å². The summed E-state index contributed by atoms with van der Waals surface area (Å²) in [5.74, 6) is -0.192. The van der Waals surface area contributed by atoms with Gasteiger partial charge in [0.2, 0.25) is 0 Å². The standard InChI is InChI=1S/C12H10N2O3S/c1-2-17-11(16)9-6-13-12-14(9)8-4-3-7(15)5-10(8)18-12/h3-6,15H,2H2,1H3. The smallest absolute Gasteiger partial charge is 0.357 e. The second-order valence-corrected chi connectivity index (χ2v) is 4.75. The van der Waals surface area contributed by atoms with Crippen LogP contribution in [0.3, 0.4) is 0 Å². The fraction of sp³-hybridized carbons (Fsp3) is 0.167. The monoisotopic (exact) mass is 262 g/mol. The highest BCUT2D eigenvalue weighted by Gasteiger charge is 2.17. The lowest BCUT2D eigenvalue weighted by atomic mass is 10.3. The van der Waals surface area contributed by atoms with Crippen LogP contribution in [0.1, 0.15) is 17.4 Å². The van der Waals surface area contributed by atoms with Crippen LogP contribution in [0.15, 0.2) is 24.4 Å². The molecule has 0 saturated carbocycles. The number of phenols is 1. The molecule has 6 heteroatoms. The first-order chi connectivity index (χ1) is 8.70. The molecule has 3 rings (SSSR count). The molecule has 0 radical (unpaired) electrons. The summed E-state index contributed by atoms with van der Waals surface area (Å²) in [6, 6.07) is 5.01. The Labute approximate surface area is 106 Å². The molecule has 0 fully saturated rings. The third-order valence-electron chi connectivity index (χ3n) is 2.60. The Balaban J connectivity index is 2.28. The number of thiazole rings is 1. The molecule has 18 heavy (non-hydrogen) atoms. The highest BCUT2D eigenvalue weighted by molar-refractivity contribution is 7.23. The number of hydrogen-bond acceptors (Lipinski definition) is 5. The van der Waals surface area contributed by atoms with Gasteiger partial charge in [-0.15, -0.1) is 0 Å². The molecule has 92 valence electrons. The fourth-order valence-corrected chi connectivity index (χ4v) is 2.89. The van der Waals surface area contributed by atoms with E-state index >= 15 is 0 Å². The normalized spacial score (nSPS) is 11.2. The van der Waals surface area contributed by atoms with Crippen LogP contribution in [0.2, 0.25) is 0 Å². The van der Waals surface area contributed by atoms with Crippen molar-refractivity contribution in [3.05, 3.63) is 30.1 Å². The number of benzene rings is 1. The Morgan fingerprint density at radius 3 is 3.17 bits per heavy atom. The highest BCUT2D eigenvalue weighted by Crippen LogP contribution is 2.29. The summed E-state index contributed by atoms with van der Waals surface area (Å²) in [5, 5.41) is 9.44. The second kappa shape index (κ2) is 3.99. The Bertz CT molecular complexity index is 744. The zero-order chi connectivity index (χ0) is 12.7. The third kappa shape index (κ3) is 1.53. The number of esters is 1. The van der Waals surface area contributed by atoms with E-state index in [-0.39, 0.29) is 5.75 Å². The SMILES string of the molecule is CCOC(=O)c1cnc2sc3cc(O)ccc3n12. The molecule has 5 nitrogen and oxygen atoms in total. The number of phenolic OH excluding ortho intramolecular Hbond substituents is 1. The van der Waals surface area contributed by atoms with Gasteiger partial charge in [0.15, 0.2) is 10.7 Å². The van der Waals surface area contributed by atoms with Gasteiger partial charge in [0.1, 0.15) is 5.75 Å². The predicted octanol–water partition coefficient (Wildman–Crippen LogP) is 2.43. The van der Waals surface area contributed by atoms with Gasteiger partial charge in [-0.2, -0.15) is 0 Å². The third-order valence-corrected chi connectivity index (χ3v) is 3.62. The number of imidazole rings is 1. The summed E-state index contributed by atoms with van der Waals surface area (Å²) in [6.07, 6.45) is 1.51. The van der Waals surface area contributed by atoms with Crippen LogP contribution in [-0.4, -0.2) is 27.1 Å². The molecule has 1 N–H and O–H groups in total. The Hall–Kier alpha value is -2.08. The Kier molecular flexibility index (Phi) is 2.45. The molecule has 2 aromatic heterocycles. The number of carbonyl (C=O) groups is 1. The van der Waals surface area contributed by atoms with Gasteiger partial charge in [0.25, 0.3) is 0 Å². The van der Waals surface area contributed by atoms with E-state index in [0.29, 0.717) is 17.3 Å². The molecule has 2 heterocycles. The highest BCUT2D eigenvalue weighted by atomic mass is 32.1. The first-order valence-corrected chi connectivity index (χ1v) is 6.28. The number of rotatable bonds is 2. The zero-order valence-corrected chi connectivity index (χ0v) is 10.4. The molecule has 1 aromatic carbocycles. The molecule has 0 amide bonds. The summed E-state index contributed by atoms with van der Waals surface area (Å²) in [7, 11) is 0. The van der Waals surface area contributed by atoms with Gasteiger partial charge >= 0.3 is 5.97 Å². The summed E-state index contributed by atoms with van der Waals surface area (Å²) < 4.78 is 7.62. The van der Waals surface area contributed by atoms with Crippen molar-refractivity contribution in [2.75, 3.05) is 6.61 Å². The lowest BCUT2D eigenvalue weighted by Crippen LogP contribution is -2.07. The summed E-state index contributed by atoms with van der Waals surface area (Å²) in [4.78, 5) is 16.7. The zero-order valence-electron chi connectivity index (χ0n) is 9.58. The topological polar surface area (TPSA) is 63.8 Å². The van der Waals surface area contributed by atoms with E-state index < -0.39 is 5.97 Å². The number of nitrogens with zero attached hydrogens (tertiary/aromatic N) is 2. The van der Waals surface area contributed by atoms with E-state index in [4.69, 9.17) is 4.74 Å². The van der Waals surface area contributed by atoms with Gasteiger partial charge < -0.3 is 9.84 Å². The molecule has 3 aromatic rings.